The summed E-state index contributed by atoms with van der Waals surface area (Å²) in [5.74, 6) is -7.74. The lowest BCUT2D eigenvalue weighted by Gasteiger charge is -2.19. The van der Waals surface area contributed by atoms with Crippen molar-refractivity contribution >= 4 is 44.9 Å². The third-order valence-electron chi connectivity index (χ3n) is 5.32. The number of benzene rings is 2. The highest BCUT2D eigenvalue weighted by Gasteiger charge is 2.41. The zero-order chi connectivity index (χ0) is 29.9. The maximum Gasteiger partial charge on any atom is 0.417 e. The second kappa shape index (κ2) is 12.4. The molecule has 14 heteroatoms. The van der Waals surface area contributed by atoms with Gasteiger partial charge >= 0.3 is 18.5 Å². The molecule has 0 aliphatic carbocycles. The second-order valence-corrected chi connectivity index (χ2v) is 10.1. The fraction of sp³-hybridized carbons (Fsp3) is 0.360. The van der Waals surface area contributed by atoms with Gasteiger partial charge in [0.25, 0.3) is 0 Å². The minimum atomic E-state index is -5.24. The van der Waals surface area contributed by atoms with E-state index in [1.807, 2.05) is 0 Å². The molecule has 1 unspecified atom stereocenters. The predicted molar refractivity (Wildman–Crippen MR) is 127 cm³/mol. The number of carbonyl (C=O) groups excluding carboxylic acids is 2. The fourth-order valence-electron chi connectivity index (χ4n) is 3.73. The van der Waals surface area contributed by atoms with Gasteiger partial charge in [0, 0.05) is 33.5 Å². The molecule has 0 saturated carbocycles. The summed E-state index contributed by atoms with van der Waals surface area (Å²) >= 11 is 8.73. The molecule has 0 saturated heterocycles. The smallest absolute Gasteiger partial charge is 0.299 e. The summed E-state index contributed by atoms with van der Waals surface area (Å²) in [5, 5.41) is -0.112. The van der Waals surface area contributed by atoms with Crippen LogP contribution in [0.1, 0.15) is 59.2 Å². The topological polar surface area (TPSA) is 34.1 Å². The van der Waals surface area contributed by atoms with Crippen molar-refractivity contribution in [2.45, 2.75) is 50.6 Å². The van der Waals surface area contributed by atoms with Gasteiger partial charge in [-0.3, -0.25) is 9.59 Å². The van der Waals surface area contributed by atoms with Crippen LogP contribution in [-0.4, -0.2) is 23.9 Å². The SMILES string of the molecule is C[C@H](CC(=O)CC(F)(F)F)CC(=O)c1ccc(/C(F)=C/C(c2cc(Cl)cc(Br)c2)C(F)(F)F)cc1C(F)(F)F. The van der Waals surface area contributed by atoms with Crippen LogP contribution in [0.4, 0.5) is 43.9 Å². The summed E-state index contributed by atoms with van der Waals surface area (Å²) in [7, 11) is 0. The van der Waals surface area contributed by atoms with Crippen molar-refractivity contribution < 1.29 is 53.5 Å². The molecular formula is C25H18BrClF10O2. The minimum absolute atomic E-state index is 0.0728. The molecule has 214 valence electrons. The molecule has 0 N–H and O–H groups in total. The third-order valence-corrected chi connectivity index (χ3v) is 5.99. The van der Waals surface area contributed by atoms with E-state index in [4.69, 9.17) is 11.6 Å². The van der Waals surface area contributed by atoms with Crippen molar-refractivity contribution in [3.63, 3.8) is 0 Å². The van der Waals surface area contributed by atoms with Gasteiger partial charge in [0.1, 0.15) is 23.9 Å². The molecule has 2 atom stereocenters. The quantitative estimate of drug-likeness (QED) is 0.199. The van der Waals surface area contributed by atoms with Crippen LogP contribution in [0.25, 0.3) is 5.83 Å². The molecule has 0 aromatic heterocycles. The highest BCUT2D eigenvalue weighted by atomic mass is 79.9. The maximum absolute atomic E-state index is 14.9. The van der Waals surface area contributed by atoms with Crippen LogP contribution in [0.2, 0.25) is 5.02 Å². The standard InChI is InChI=1S/C25H18BrClF10O2/c1-12(4-17(38)11-23(29,30)31)5-22(39)18-3-2-13(8-20(18)25(35,36)37)21(28)10-19(24(32,33)34)14-6-15(26)9-16(27)7-14/h2-3,6-10,12,19H,4-5,11H2,1H3/b21-10-/t12-,19?/m1/s1. The Labute approximate surface area is 229 Å². The number of carbonyl (C=O) groups is 2. The Bertz CT molecular complexity index is 1230. The molecule has 0 amide bonds. The molecule has 0 bridgehead atoms. The molecule has 2 nitrogen and oxygen atoms in total. The van der Waals surface area contributed by atoms with E-state index in [9.17, 15) is 53.5 Å². The fourth-order valence-corrected chi connectivity index (χ4v) is 4.62. The zero-order valence-corrected chi connectivity index (χ0v) is 22.0. The van der Waals surface area contributed by atoms with Gasteiger partial charge in [-0.05, 0) is 41.8 Å². The number of halogens is 12. The molecule has 0 aliphatic rings. The Morgan fingerprint density at radius 1 is 0.949 bits per heavy atom. The van der Waals surface area contributed by atoms with E-state index in [1.165, 1.54) is 13.0 Å². The van der Waals surface area contributed by atoms with Crippen molar-refractivity contribution in [1.82, 2.24) is 0 Å². The van der Waals surface area contributed by atoms with Crippen molar-refractivity contribution in [2.75, 3.05) is 0 Å². The average molecular weight is 656 g/mol. The van der Waals surface area contributed by atoms with E-state index in [-0.39, 0.29) is 21.6 Å². The summed E-state index contributed by atoms with van der Waals surface area (Å²) in [6.45, 7) is 1.20. The molecule has 0 aliphatic heterocycles. The number of rotatable bonds is 9. The Morgan fingerprint density at radius 2 is 1.56 bits per heavy atom. The third kappa shape index (κ3) is 9.93. The molecule has 2 rings (SSSR count). The van der Waals surface area contributed by atoms with Crippen LogP contribution < -0.4 is 0 Å². The number of ketones is 2. The van der Waals surface area contributed by atoms with E-state index < -0.39 is 89.3 Å². The van der Waals surface area contributed by atoms with Crippen molar-refractivity contribution in [2.24, 2.45) is 5.92 Å². The van der Waals surface area contributed by atoms with Gasteiger partial charge < -0.3 is 0 Å². The van der Waals surface area contributed by atoms with Gasteiger partial charge in [-0.1, -0.05) is 46.6 Å². The highest BCUT2D eigenvalue weighted by Crippen LogP contribution is 2.41. The first-order valence-electron chi connectivity index (χ1n) is 10.9. The van der Waals surface area contributed by atoms with Crippen molar-refractivity contribution in [3.8, 4) is 0 Å². The Morgan fingerprint density at radius 3 is 2.08 bits per heavy atom. The van der Waals surface area contributed by atoms with Gasteiger partial charge in [-0.25, -0.2) is 4.39 Å². The number of hydrogen-bond donors (Lipinski definition) is 0. The molecule has 0 heterocycles. The summed E-state index contributed by atoms with van der Waals surface area (Å²) in [6.07, 6.45) is -18.2. The molecule has 2 aromatic carbocycles. The highest BCUT2D eigenvalue weighted by molar-refractivity contribution is 9.10. The largest absolute Gasteiger partial charge is 0.417 e. The zero-order valence-electron chi connectivity index (χ0n) is 19.7. The van der Waals surface area contributed by atoms with Crippen LogP contribution >= 0.6 is 27.5 Å². The van der Waals surface area contributed by atoms with Crippen LogP contribution in [0.5, 0.6) is 0 Å². The van der Waals surface area contributed by atoms with E-state index in [2.05, 4.69) is 15.9 Å². The van der Waals surface area contributed by atoms with Crippen molar-refractivity contribution in [3.05, 3.63) is 74.2 Å². The average Bonchev–Trinajstić information content (AvgIpc) is 2.73. The lowest BCUT2D eigenvalue weighted by atomic mass is 9.91. The molecule has 0 spiro atoms. The number of Topliss-reactive ketones (excluding diaryl/α,β-unsaturated/α-hetero) is 2. The van der Waals surface area contributed by atoms with E-state index >= 15 is 0 Å². The summed E-state index contributed by atoms with van der Waals surface area (Å²) in [6, 6.07) is 4.61. The van der Waals surface area contributed by atoms with E-state index in [0.717, 1.165) is 12.1 Å². The molecular weight excluding hydrogens is 638 g/mol. The number of hydrogen-bond acceptors (Lipinski definition) is 2. The molecule has 39 heavy (non-hydrogen) atoms. The molecule has 0 fully saturated rings. The summed E-state index contributed by atoms with van der Waals surface area (Å²) in [4.78, 5) is 24.0. The summed E-state index contributed by atoms with van der Waals surface area (Å²) < 4.78 is 134. The van der Waals surface area contributed by atoms with E-state index in [0.29, 0.717) is 12.1 Å². The molecule has 0 radical (unpaired) electrons. The van der Waals surface area contributed by atoms with Gasteiger partial charge in [-0.15, -0.1) is 0 Å². The molecule has 2 aromatic rings. The van der Waals surface area contributed by atoms with Crippen molar-refractivity contribution in [1.29, 1.82) is 0 Å². The van der Waals surface area contributed by atoms with Gasteiger partial charge in [0.2, 0.25) is 0 Å². The van der Waals surface area contributed by atoms with E-state index in [1.54, 1.807) is 0 Å². The number of allylic oxidation sites excluding steroid dienone is 1. The van der Waals surface area contributed by atoms with Crippen LogP contribution in [0.3, 0.4) is 0 Å². The van der Waals surface area contributed by atoms with Crippen LogP contribution in [-0.2, 0) is 11.0 Å². The first kappa shape index (κ1) is 32.8. The first-order chi connectivity index (χ1) is 17.7. The Balaban J connectivity index is 2.41. The number of alkyl halides is 9. The van der Waals surface area contributed by atoms with Gasteiger partial charge in [-0.2, -0.15) is 39.5 Å². The Hall–Kier alpha value is -2.41. The van der Waals surface area contributed by atoms with Crippen LogP contribution in [0.15, 0.2) is 46.9 Å². The first-order valence-corrected chi connectivity index (χ1v) is 12.1. The minimum Gasteiger partial charge on any atom is -0.299 e. The van der Waals surface area contributed by atoms with Crippen LogP contribution in [0, 0.1) is 5.92 Å². The van der Waals surface area contributed by atoms with Gasteiger partial charge in [0.15, 0.2) is 5.78 Å². The second-order valence-electron chi connectivity index (χ2n) is 8.76. The normalized spacial score (nSPS) is 14.7. The Kier molecular flexibility index (Phi) is 10.4. The summed E-state index contributed by atoms with van der Waals surface area (Å²) in [5.41, 5.74) is -4.02. The lowest BCUT2D eigenvalue weighted by molar-refractivity contribution is -0.152. The predicted octanol–water partition coefficient (Wildman–Crippen LogP) is 9.90. The van der Waals surface area contributed by atoms with Gasteiger partial charge in [0.05, 0.1) is 5.56 Å². The monoisotopic (exact) mass is 654 g/mol. The lowest BCUT2D eigenvalue weighted by Crippen LogP contribution is -2.20. The maximum atomic E-state index is 14.9.